The Kier molecular flexibility index (Phi) is 7.91. The van der Waals surface area contributed by atoms with Crippen molar-refractivity contribution in [3.05, 3.63) is 30.3 Å². The fourth-order valence-electron chi connectivity index (χ4n) is 3.73. The number of hydrogen-bond donors (Lipinski definition) is 2. The second kappa shape index (κ2) is 9.70. The Balaban J connectivity index is 0.00000225. The van der Waals surface area contributed by atoms with E-state index in [9.17, 15) is 4.79 Å². The summed E-state index contributed by atoms with van der Waals surface area (Å²) in [6.07, 6.45) is 8.23. The number of thioether (sulfide) groups is 1. The molecule has 1 saturated heterocycles. The van der Waals surface area contributed by atoms with Crippen LogP contribution in [0.15, 0.2) is 30.3 Å². The van der Waals surface area contributed by atoms with Crippen molar-refractivity contribution in [2.24, 2.45) is 0 Å². The van der Waals surface area contributed by atoms with Crippen molar-refractivity contribution in [1.29, 1.82) is 0 Å². The van der Waals surface area contributed by atoms with Crippen LogP contribution in [0.25, 0.3) is 0 Å². The fraction of sp³-hybridized carbons (Fsp3) is 0.632. The predicted octanol–water partition coefficient (Wildman–Crippen LogP) is 3.40. The molecule has 1 aromatic rings. The molecule has 2 unspecified atom stereocenters. The van der Waals surface area contributed by atoms with Gasteiger partial charge in [-0.1, -0.05) is 24.6 Å². The number of carbonyl (C=O) groups excluding carboxylic acids is 1. The molecule has 6 heteroatoms. The largest absolute Gasteiger partial charge is 0.477 e. The third-order valence-corrected chi connectivity index (χ3v) is 6.27. The van der Waals surface area contributed by atoms with Crippen LogP contribution in [0, 0.1) is 0 Å². The molecule has 4 nitrogen and oxygen atoms in total. The second-order valence-corrected chi connectivity index (χ2v) is 7.99. The van der Waals surface area contributed by atoms with Crippen LogP contribution in [0.5, 0.6) is 5.75 Å². The summed E-state index contributed by atoms with van der Waals surface area (Å²) < 4.78 is 6.24. The molecule has 0 radical (unpaired) electrons. The number of para-hydroxylation sites is 1. The number of hydrogen-bond acceptors (Lipinski definition) is 4. The van der Waals surface area contributed by atoms with Gasteiger partial charge in [-0.3, -0.25) is 4.79 Å². The minimum Gasteiger partial charge on any atom is -0.477 e. The number of benzene rings is 1. The zero-order chi connectivity index (χ0) is 16.8. The van der Waals surface area contributed by atoms with Crippen molar-refractivity contribution >= 4 is 30.1 Å². The van der Waals surface area contributed by atoms with Crippen molar-refractivity contribution in [2.45, 2.75) is 55.4 Å². The maximum atomic E-state index is 13.1. The van der Waals surface area contributed by atoms with Gasteiger partial charge in [0.15, 0.2) is 5.60 Å². The molecule has 1 amide bonds. The molecule has 1 heterocycles. The summed E-state index contributed by atoms with van der Waals surface area (Å²) in [5.41, 5.74) is -0.737. The fourth-order valence-corrected chi connectivity index (χ4v) is 4.55. The van der Waals surface area contributed by atoms with E-state index in [1.54, 1.807) is 0 Å². The summed E-state index contributed by atoms with van der Waals surface area (Å²) in [4.78, 5) is 13.1. The Morgan fingerprint density at radius 3 is 2.64 bits per heavy atom. The summed E-state index contributed by atoms with van der Waals surface area (Å²) in [6.45, 7) is 1.64. The highest BCUT2D eigenvalue weighted by molar-refractivity contribution is 7.99. The summed E-state index contributed by atoms with van der Waals surface area (Å²) in [7, 11) is 0. The molecule has 2 N–H and O–H groups in total. The molecule has 1 saturated carbocycles. The maximum absolute atomic E-state index is 13.1. The molecule has 0 bridgehead atoms. The highest BCUT2D eigenvalue weighted by Crippen LogP contribution is 2.30. The highest BCUT2D eigenvalue weighted by Gasteiger charge is 2.43. The topological polar surface area (TPSA) is 50.4 Å². The average molecular weight is 385 g/mol. The van der Waals surface area contributed by atoms with Gasteiger partial charge in [-0.25, -0.2) is 0 Å². The maximum Gasteiger partial charge on any atom is 0.264 e. The van der Waals surface area contributed by atoms with E-state index in [0.29, 0.717) is 18.1 Å². The summed E-state index contributed by atoms with van der Waals surface area (Å²) in [5.74, 6) is 0.847. The van der Waals surface area contributed by atoms with E-state index in [1.165, 1.54) is 12.8 Å². The first-order chi connectivity index (χ1) is 11.7. The van der Waals surface area contributed by atoms with Crippen molar-refractivity contribution < 1.29 is 9.53 Å². The number of carbonyl (C=O) groups is 1. The molecule has 0 spiro atoms. The lowest BCUT2D eigenvalue weighted by Crippen LogP contribution is -2.58. The average Bonchev–Trinajstić information content (AvgIpc) is 2.63. The van der Waals surface area contributed by atoms with E-state index in [1.807, 2.05) is 42.1 Å². The Hall–Kier alpha value is -0.910. The van der Waals surface area contributed by atoms with Crippen LogP contribution in [0.2, 0.25) is 0 Å². The minimum absolute atomic E-state index is 0. The van der Waals surface area contributed by atoms with E-state index in [2.05, 4.69) is 16.9 Å². The number of ether oxygens (including phenoxy) is 1. The number of amides is 1. The van der Waals surface area contributed by atoms with Crippen LogP contribution in [0.3, 0.4) is 0 Å². The Bertz CT molecular complexity index is 537. The standard InChI is InChI=1S/C19H28N2O2S.ClH/c1-24-17-9-5-6-15(14-17)21-18(22)19(10-12-20-13-11-19)23-16-7-3-2-4-8-16;/h2-4,7-8,15,17,20H,5-6,9-14H2,1H3,(H,21,22);1H. The minimum atomic E-state index is -0.737. The number of halogens is 1. The quantitative estimate of drug-likeness (QED) is 0.816. The van der Waals surface area contributed by atoms with Gasteiger partial charge in [0, 0.05) is 24.1 Å². The van der Waals surface area contributed by atoms with Crippen LogP contribution in [0.1, 0.15) is 38.5 Å². The molecule has 2 aliphatic rings. The third-order valence-electron chi connectivity index (χ3n) is 5.18. The van der Waals surface area contributed by atoms with Gasteiger partial charge in [0.2, 0.25) is 0 Å². The highest BCUT2D eigenvalue weighted by atomic mass is 35.5. The first-order valence-corrected chi connectivity index (χ1v) is 10.3. The van der Waals surface area contributed by atoms with Gasteiger partial charge in [0.25, 0.3) is 5.91 Å². The van der Waals surface area contributed by atoms with Gasteiger partial charge >= 0.3 is 0 Å². The number of rotatable bonds is 5. The molecule has 25 heavy (non-hydrogen) atoms. The SMILES string of the molecule is CSC1CCCC(NC(=O)C2(Oc3ccccc3)CCNCC2)C1.Cl. The monoisotopic (exact) mass is 384 g/mol. The van der Waals surface area contributed by atoms with Crippen molar-refractivity contribution in [3.8, 4) is 5.75 Å². The zero-order valence-corrected chi connectivity index (χ0v) is 16.5. The predicted molar refractivity (Wildman–Crippen MR) is 107 cm³/mol. The Morgan fingerprint density at radius 2 is 1.96 bits per heavy atom. The second-order valence-electron chi connectivity index (χ2n) is 6.85. The molecule has 1 aliphatic carbocycles. The smallest absolute Gasteiger partial charge is 0.264 e. The van der Waals surface area contributed by atoms with E-state index < -0.39 is 5.60 Å². The molecule has 2 fully saturated rings. The summed E-state index contributed by atoms with van der Waals surface area (Å²) in [5, 5.41) is 7.32. The molecular weight excluding hydrogens is 356 g/mol. The van der Waals surface area contributed by atoms with Crippen molar-refractivity contribution in [1.82, 2.24) is 10.6 Å². The molecular formula is C19H29ClN2O2S. The van der Waals surface area contributed by atoms with E-state index >= 15 is 0 Å². The van der Waals surface area contributed by atoms with E-state index in [4.69, 9.17) is 4.74 Å². The lowest BCUT2D eigenvalue weighted by atomic mass is 9.89. The number of piperidine rings is 1. The van der Waals surface area contributed by atoms with Gasteiger partial charge in [0.05, 0.1) is 0 Å². The van der Waals surface area contributed by atoms with Crippen LogP contribution < -0.4 is 15.4 Å². The lowest BCUT2D eigenvalue weighted by molar-refractivity contribution is -0.140. The summed E-state index contributed by atoms with van der Waals surface area (Å²) in [6, 6.07) is 10.0. The van der Waals surface area contributed by atoms with Crippen LogP contribution >= 0.6 is 24.2 Å². The Labute approximate surface area is 161 Å². The van der Waals surface area contributed by atoms with Gasteiger partial charge in [-0.05, 0) is 50.7 Å². The van der Waals surface area contributed by atoms with Crippen LogP contribution in [0.4, 0.5) is 0 Å². The molecule has 1 aromatic carbocycles. The molecule has 140 valence electrons. The number of nitrogens with one attached hydrogen (secondary N) is 2. The molecule has 2 atom stereocenters. The zero-order valence-electron chi connectivity index (χ0n) is 14.8. The first kappa shape index (κ1) is 20.4. The Morgan fingerprint density at radius 1 is 1.24 bits per heavy atom. The van der Waals surface area contributed by atoms with Gasteiger partial charge in [-0.2, -0.15) is 11.8 Å². The van der Waals surface area contributed by atoms with Gasteiger partial charge in [0.1, 0.15) is 5.75 Å². The van der Waals surface area contributed by atoms with Gasteiger partial charge in [-0.15, -0.1) is 12.4 Å². The summed E-state index contributed by atoms with van der Waals surface area (Å²) >= 11 is 1.92. The van der Waals surface area contributed by atoms with Crippen LogP contribution in [-0.4, -0.2) is 42.1 Å². The molecule has 1 aliphatic heterocycles. The van der Waals surface area contributed by atoms with Crippen molar-refractivity contribution in [2.75, 3.05) is 19.3 Å². The normalized spacial score (nSPS) is 25.5. The third kappa shape index (κ3) is 5.28. The molecule has 3 rings (SSSR count). The van der Waals surface area contributed by atoms with E-state index in [-0.39, 0.29) is 24.4 Å². The first-order valence-electron chi connectivity index (χ1n) is 9.00. The van der Waals surface area contributed by atoms with Crippen molar-refractivity contribution in [3.63, 3.8) is 0 Å². The van der Waals surface area contributed by atoms with E-state index in [0.717, 1.165) is 31.7 Å². The van der Waals surface area contributed by atoms with Gasteiger partial charge < -0.3 is 15.4 Å². The lowest BCUT2D eigenvalue weighted by Gasteiger charge is -2.38. The molecule has 0 aromatic heterocycles. The van der Waals surface area contributed by atoms with Crippen LogP contribution in [-0.2, 0) is 4.79 Å².